The van der Waals surface area contributed by atoms with Crippen LogP contribution in [0.5, 0.6) is 0 Å². The molecule has 1 aromatic heterocycles. The predicted molar refractivity (Wildman–Crippen MR) is 83.3 cm³/mol. The second-order valence-corrected chi connectivity index (χ2v) is 6.52. The summed E-state index contributed by atoms with van der Waals surface area (Å²) in [4.78, 5) is 9.52. The quantitative estimate of drug-likeness (QED) is 0.830. The Morgan fingerprint density at radius 2 is 1.85 bits per heavy atom. The molecule has 2 N–H and O–H groups in total. The molecule has 0 aromatic carbocycles. The first-order valence-corrected chi connectivity index (χ1v) is 8.06. The first-order chi connectivity index (χ1) is 9.67. The van der Waals surface area contributed by atoms with Gasteiger partial charge in [0.05, 0.1) is 0 Å². The number of hydrogen-bond acceptors (Lipinski definition) is 4. The minimum Gasteiger partial charge on any atom is -0.370 e. The van der Waals surface area contributed by atoms with Gasteiger partial charge in [0.1, 0.15) is 17.5 Å². The highest BCUT2D eigenvalue weighted by Gasteiger charge is 2.30. The Morgan fingerprint density at radius 1 is 1.15 bits per heavy atom. The van der Waals surface area contributed by atoms with E-state index < -0.39 is 0 Å². The van der Waals surface area contributed by atoms with E-state index in [1.54, 1.807) is 0 Å². The van der Waals surface area contributed by atoms with Gasteiger partial charge in [0.15, 0.2) is 0 Å². The van der Waals surface area contributed by atoms with Crippen molar-refractivity contribution in [1.82, 2.24) is 9.97 Å². The third-order valence-corrected chi connectivity index (χ3v) is 4.36. The van der Waals surface area contributed by atoms with E-state index in [2.05, 4.69) is 31.4 Å². The average molecular weight is 274 g/mol. The Bertz CT molecular complexity index is 476. The van der Waals surface area contributed by atoms with E-state index in [-0.39, 0.29) is 0 Å². The fourth-order valence-electron chi connectivity index (χ4n) is 2.83. The van der Waals surface area contributed by atoms with Gasteiger partial charge in [0.2, 0.25) is 0 Å². The first kappa shape index (κ1) is 13.7. The van der Waals surface area contributed by atoms with Gasteiger partial charge in [-0.1, -0.05) is 13.8 Å². The molecule has 20 heavy (non-hydrogen) atoms. The second-order valence-electron chi connectivity index (χ2n) is 6.52. The van der Waals surface area contributed by atoms with Crippen molar-refractivity contribution in [2.24, 2.45) is 5.92 Å². The van der Waals surface area contributed by atoms with Crippen molar-refractivity contribution in [3.05, 3.63) is 11.4 Å². The molecule has 2 saturated carbocycles. The van der Waals surface area contributed by atoms with Crippen molar-refractivity contribution >= 4 is 11.6 Å². The third kappa shape index (κ3) is 2.89. The molecule has 0 radical (unpaired) electrons. The Kier molecular flexibility index (Phi) is 3.81. The maximum atomic E-state index is 4.79. The summed E-state index contributed by atoms with van der Waals surface area (Å²) in [5, 5.41) is 7.08. The Hall–Kier alpha value is -1.32. The van der Waals surface area contributed by atoms with Crippen LogP contribution in [-0.2, 0) is 0 Å². The SMILES string of the molecule is CCCNc1nc(C2CC2)nc(NC2CC(C)C2)c1C. The summed E-state index contributed by atoms with van der Waals surface area (Å²) in [6, 6.07) is 0.602. The number of nitrogens with zero attached hydrogens (tertiary/aromatic N) is 2. The van der Waals surface area contributed by atoms with Crippen molar-refractivity contribution in [1.29, 1.82) is 0 Å². The third-order valence-electron chi connectivity index (χ3n) is 4.36. The largest absolute Gasteiger partial charge is 0.370 e. The van der Waals surface area contributed by atoms with E-state index in [9.17, 15) is 0 Å². The summed E-state index contributed by atoms with van der Waals surface area (Å²) in [7, 11) is 0. The summed E-state index contributed by atoms with van der Waals surface area (Å²) in [5.41, 5.74) is 1.17. The highest BCUT2D eigenvalue weighted by Crippen LogP contribution is 2.40. The van der Waals surface area contributed by atoms with Gasteiger partial charge in [-0.25, -0.2) is 9.97 Å². The minimum absolute atomic E-state index is 0.596. The number of nitrogens with one attached hydrogen (secondary N) is 2. The van der Waals surface area contributed by atoms with Crippen LogP contribution in [0.3, 0.4) is 0 Å². The van der Waals surface area contributed by atoms with E-state index >= 15 is 0 Å². The lowest BCUT2D eigenvalue weighted by Crippen LogP contribution is -2.34. The monoisotopic (exact) mass is 274 g/mol. The van der Waals surface area contributed by atoms with Gasteiger partial charge in [-0.15, -0.1) is 0 Å². The van der Waals surface area contributed by atoms with E-state index in [1.807, 2.05) is 0 Å². The van der Waals surface area contributed by atoms with Crippen molar-refractivity contribution in [2.75, 3.05) is 17.2 Å². The predicted octanol–water partition coefficient (Wildman–Crippen LogP) is 3.69. The van der Waals surface area contributed by atoms with Gasteiger partial charge in [0.25, 0.3) is 0 Å². The van der Waals surface area contributed by atoms with Gasteiger partial charge >= 0.3 is 0 Å². The van der Waals surface area contributed by atoms with Crippen LogP contribution in [0.15, 0.2) is 0 Å². The van der Waals surface area contributed by atoms with Crippen LogP contribution in [-0.4, -0.2) is 22.6 Å². The summed E-state index contributed by atoms with van der Waals surface area (Å²) in [6.45, 7) is 7.59. The van der Waals surface area contributed by atoms with Gasteiger partial charge in [-0.05, 0) is 44.9 Å². The smallest absolute Gasteiger partial charge is 0.136 e. The van der Waals surface area contributed by atoms with E-state index in [1.165, 1.54) is 31.2 Å². The molecule has 0 atom stereocenters. The summed E-state index contributed by atoms with van der Waals surface area (Å²) < 4.78 is 0. The molecule has 1 heterocycles. The second kappa shape index (κ2) is 5.58. The van der Waals surface area contributed by atoms with Crippen LogP contribution >= 0.6 is 0 Å². The number of anilines is 2. The van der Waals surface area contributed by atoms with Crippen LogP contribution < -0.4 is 10.6 Å². The fourth-order valence-corrected chi connectivity index (χ4v) is 2.83. The zero-order valence-electron chi connectivity index (χ0n) is 12.9. The molecule has 2 aliphatic carbocycles. The molecule has 4 nitrogen and oxygen atoms in total. The lowest BCUT2D eigenvalue weighted by Gasteiger charge is -2.34. The molecule has 4 heteroatoms. The molecule has 0 bridgehead atoms. The van der Waals surface area contributed by atoms with Gasteiger partial charge < -0.3 is 10.6 Å². The Labute approximate surface area is 121 Å². The van der Waals surface area contributed by atoms with Crippen molar-refractivity contribution in [3.63, 3.8) is 0 Å². The molecular formula is C16H26N4. The normalized spacial score (nSPS) is 25.1. The zero-order chi connectivity index (χ0) is 14.1. The lowest BCUT2D eigenvalue weighted by atomic mass is 9.82. The summed E-state index contributed by atoms with van der Waals surface area (Å²) in [5.74, 6) is 4.56. The number of aromatic nitrogens is 2. The number of rotatable bonds is 6. The first-order valence-electron chi connectivity index (χ1n) is 8.06. The van der Waals surface area contributed by atoms with Crippen molar-refractivity contribution in [2.45, 2.75) is 64.8 Å². The van der Waals surface area contributed by atoms with E-state index in [0.717, 1.165) is 36.3 Å². The maximum absolute atomic E-state index is 4.79. The summed E-state index contributed by atoms with van der Waals surface area (Å²) >= 11 is 0. The fraction of sp³-hybridized carbons (Fsp3) is 0.750. The van der Waals surface area contributed by atoms with Gasteiger partial charge in [-0.3, -0.25) is 0 Å². The molecule has 2 fully saturated rings. The molecule has 0 aliphatic heterocycles. The van der Waals surface area contributed by atoms with Crippen LogP contribution in [0.4, 0.5) is 11.6 Å². The number of hydrogen-bond donors (Lipinski definition) is 2. The van der Waals surface area contributed by atoms with Crippen LogP contribution in [0.1, 0.15) is 63.3 Å². The lowest BCUT2D eigenvalue weighted by molar-refractivity contribution is 0.308. The highest BCUT2D eigenvalue weighted by atomic mass is 15.1. The van der Waals surface area contributed by atoms with Crippen LogP contribution in [0.25, 0.3) is 0 Å². The van der Waals surface area contributed by atoms with E-state index in [4.69, 9.17) is 9.97 Å². The van der Waals surface area contributed by atoms with Gasteiger partial charge in [0, 0.05) is 24.1 Å². The Balaban J connectivity index is 1.80. The molecule has 2 aliphatic rings. The standard InChI is InChI=1S/C16H26N4/c1-4-7-17-14-11(3)15(18-13-8-10(2)9-13)20-16(19-14)12-5-6-12/h10,12-13H,4-9H2,1-3H3,(H2,17,18,19,20). The average Bonchev–Trinajstić information content (AvgIpc) is 3.22. The molecule has 3 rings (SSSR count). The molecule has 0 saturated heterocycles. The van der Waals surface area contributed by atoms with E-state index in [0.29, 0.717) is 12.0 Å². The molecule has 0 spiro atoms. The molecule has 0 unspecified atom stereocenters. The Morgan fingerprint density at radius 3 is 2.45 bits per heavy atom. The highest BCUT2D eigenvalue weighted by molar-refractivity contribution is 5.58. The molecule has 0 amide bonds. The van der Waals surface area contributed by atoms with Gasteiger partial charge in [-0.2, -0.15) is 0 Å². The van der Waals surface area contributed by atoms with Crippen molar-refractivity contribution < 1.29 is 0 Å². The topological polar surface area (TPSA) is 49.8 Å². The molecular weight excluding hydrogens is 248 g/mol. The van der Waals surface area contributed by atoms with Crippen LogP contribution in [0, 0.1) is 12.8 Å². The maximum Gasteiger partial charge on any atom is 0.136 e. The zero-order valence-corrected chi connectivity index (χ0v) is 12.9. The minimum atomic E-state index is 0.596. The molecule has 1 aromatic rings. The molecule has 110 valence electrons. The van der Waals surface area contributed by atoms with Crippen molar-refractivity contribution in [3.8, 4) is 0 Å². The van der Waals surface area contributed by atoms with Crippen LogP contribution in [0.2, 0.25) is 0 Å². The summed E-state index contributed by atoms with van der Waals surface area (Å²) in [6.07, 6.45) is 6.14.